The Labute approximate surface area is 236 Å². The van der Waals surface area contributed by atoms with Crippen LogP contribution in [0.3, 0.4) is 0 Å². The van der Waals surface area contributed by atoms with E-state index in [-0.39, 0.29) is 29.7 Å². The van der Waals surface area contributed by atoms with E-state index < -0.39 is 17.1 Å². The van der Waals surface area contributed by atoms with Crippen molar-refractivity contribution in [2.75, 3.05) is 19.6 Å². The molecule has 8 heteroatoms. The zero-order valence-electron chi connectivity index (χ0n) is 21.9. The summed E-state index contributed by atoms with van der Waals surface area (Å²) in [7, 11) is 0. The summed E-state index contributed by atoms with van der Waals surface area (Å²) >= 11 is 5.07. The molecular formula is C30H35BrN2O4S. The first-order valence-electron chi connectivity index (χ1n) is 13.5. The summed E-state index contributed by atoms with van der Waals surface area (Å²) in [6.07, 6.45) is 7.67. The molecule has 0 radical (unpaired) electrons. The number of benzene rings is 1. The molecule has 2 N–H and O–H groups in total. The monoisotopic (exact) mass is 598 g/mol. The van der Waals surface area contributed by atoms with Crippen LogP contribution in [0.1, 0.15) is 49.1 Å². The second-order valence-corrected chi connectivity index (χ2v) is 13.5. The second-order valence-electron chi connectivity index (χ2n) is 11.6. The van der Waals surface area contributed by atoms with Crippen LogP contribution in [-0.4, -0.2) is 69.3 Å². The molecule has 2 aliphatic heterocycles. The number of aromatic hydroxyl groups is 1. The molecule has 1 spiro atoms. The maximum absolute atomic E-state index is 13.8. The minimum Gasteiger partial charge on any atom is -0.504 e. The number of aliphatic hydroxyl groups is 1. The molecule has 2 aliphatic carbocycles. The molecule has 6 nitrogen and oxygen atoms in total. The molecule has 5 atom stereocenters. The topological polar surface area (TPSA) is 73.2 Å². The standard InChI is InChI=1S/C30H35BrN2O4S/c1-4-12-32-13-11-29-26-19-5-7-23(34)27(26)37-28(29)22(9-10-30(29,36)24(32)14-19)33(16-18(2)3)25(35)8-6-21-15-20(31)17-38-21/h4-8,15,17-18,22,24,28,34,36H,1,9-14,16H2,2-3H3/b8-6+/t22?,24-,28?,29+,30-/m1/s1. The number of thiophene rings is 1. The van der Waals surface area contributed by atoms with Gasteiger partial charge in [0.25, 0.3) is 0 Å². The number of hydrogen-bond donors (Lipinski definition) is 2. The van der Waals surface area contributed by atoms with Crippen molar-refractivity contribution >= 4 is 39.2 Å². The molecule has 2 fully saturated rings. The van der Waals surface area contributed by atoms with Gasteiger partial charge in [0.05, 0.1) is 17.1 Å². The quantitative estimate of drug-likeness (QED) is 0.342. The largest absolute Gasteiger partial charge is 0.504 e. The molecule has 1 aromatic heterocycles. The molecule has 1 saturated heterocycles. The summed E-state index contributed by atoms with van der Waals surface area (Å²) < 4.78 is 7.69. The van der Waals surface area contributed by atoms with Crippen molar-refractivity contribution in [3.05, 3.63) is 62.8 Å². The molecule has 1 amide bonds. The fourth-order valence-corrected chi connectivity index (χ4v) is 9.09. The Morgan fingerprint density at radius 2 is 2.21 bits per heavy atom. The number of likely N-dealkylation sites (tertiary alicyclic amines) is 1. The van der Waals surface area contributed by atoms with Crippen molar-refractivity contribution < 1.29 is 19.7 Å². The Balaban J connectivity index is 1.43. The van der Waals surface area contributed by atoms with Gasteiger partial charge in [0.1, 0.15) is 6.10 Å². The number of nitrogens with zero attached hydrogens (tertiary/aromatic N) is 2. The normalized spacial score (nSPS) is 31.3. The second kappa shape index (κ2) is 9.51. The number of phenols is 1. The Hall–Kier alpha value is -2.13. The van der Waals surface area contributed by atoms with Crippen molar-refractivity contribution in [2.24, 2.45) is 5.92 Å². The number of hydrogen-bond acceptors (Lipinski definition) is 6. The van der Waals surface area contributed by atoms with Crippen molar-refractivity contribution in [1.29, 1.82) is 0 Å². The van der Waals surface area contributed by atoms with Gasteiger partial charge in [-0.15, -0.1) is 17.9 Å². The lowest BCUT2D eigenvalue weighted by molar-refractivity contribution is -0.199. The molecule has 1 saturated carbocycles. The zero-order chi connectivity index (χ0) is 26.8. The third kappa shape index (κ3) is 3.74. The molecule has 6 rings (SSSR count). The van der Waals surface area contributed by atoms with Crippen LogP contribution in [0.15, 0.2) is 46.8 Å². The van der Waals surface area contributed by atoms with Gasteiger partial charge in [0.2, 0.25) is 5.91 Å². The van der Waals surface area contributed by atoms with Crippen LogP contribution < -0.4 is 4.74 Å². The van der Waals surface area contributed by atoms with Gasteiger partial charge in [0.15, 0.2) is 11.5 Å². The van der Waals surface area contributed by atoms with E-state index in [9.17, 15) is 15.0 Å². The van der Waals surface area contributed by atoms with E-state index in [0.29, 0.717) is 38.0 Å². The lowest BCUT2D eigenvalue weighted by Crippen LogP contribution is -2.78. The third-order valence-corrected chi connectivity index (χ3v) is 10.8. The van der Waals surface area contributed by atoms with Gasteiger partial charge >= 0.3 is 0 Å². The van der Waals surface area contributed by atoms with Gasteiger partial charge in [-0.25, -0.2) is 0 Å². The summed E-state index contributed by atoms with van der Waals surface area (Å²) in [6.45, 7) is 10.3. The molecular weight excluding hydrogens is 564 g/mol. The molecule has 38 heavy (non-hydrogen) atoms. The van der Waals surface area contributed by atoms with E-state index in [2.05, 4.69) is 41.3 Å². The number of rotatable bonds is 7. The van der Waals surface area contributed by atoms with Gasteiger partial charge in [-0.3, -0.25) is 9.69 Å². The number of carbonyl (C=O) groups excluding carboxylic acids is 1. The number of phenolic OH excluding ortho intramolecular Hbond substituents is 1. The van der Waals surface area contributed by atoms with Gasteiger partial charge in [-0.2, -0.15) is 0 Å². The molecule has 2 unspecified atom stereocenters. The predicted octanol–water partition coefficient (Wildman–Crippen LogP) is 5.12. The minimum atomic E-state index is -1.01. The highest BCUT2D eigenvalue weighted by Crippen LogP contribution is 2.65. The number of ether oxygens (including phenoxy) is 1. The van der Waals surface area contributed by atoms with E-state index in [1.54, 1.807) is 23.5 Å². The smallest absolute Gasteiger partial charge is 0.246 e. The van der Waals surface area contributed by atoms with E-state index in [4.69, 9.17) is 4.74 Å². The molecule has 2 bridgehead atoms. The van der Waals surface area contributed by atoms with E-state index in [1.807, 2.05) is 34.6 Å². The Kier molecular flexibility index (Phi) is 6.53. The van der Waals surface area contributed by atoms with E-state index >= 15 is 0 Å². The van der Waals surface area contributed by atoms with Crippen molar-refractivity contribution in [3.8, 4) is 11.5 Å². The highest BCUT2D eigenvalue weighted by molar-refractivity contribution is 9.10. The lowest BCUT2D eigenvalue weighted by atomic mass is 9.48. The van der Waals surface area contributed by atoms with E-state index in [1.165, 1.54) is 0 Å². The van der Waals surface area contributed by atoms with Crippen molar-refractivity contribution in [2.45, 2.75) is 68.7 Å². The van der Waals surface area contributed by atoms with Crippen LogP contribution >= 0.6 is 27.3 Å². The average molecular weight is 600 g/mol. The molecule has 2 aromatic rings. The van der Waals surface area contributed by atoms with Gasteiger partial charge in [-0.05, 0) is 77.8 Å². The van der Waals surface area contributed by atoms with Crippen LogP contribution in [0.2, 0.25) is 0 Å². The molecule has 4 aliphatic rings. The number of halogens is 1. The number of carbonyl (C=O) groups is 1. The lowest BCUT2D eigenvalue weighted by Gasteiger charge is -2.64. The summed E-state index contributed by atoms with van der Waals surface area (Å²) in [6, 6.07) is 5.44. The summed E-state index contributed by atoms with van der Waals surface area (Å²) in [5.74, 6) is 0.841. The first-order valence-corrected chi connectivity index (χ1v) is 15.2. The van der Waals surface area contributed by atoms with Crippen LogP contribution in [0, 0.1) is 5.92 Å². The maximum Gasteiger partial charge on any atom is 0.246 e. The first kappa shape index (κ1) is 26.1. The SMILES string of the molecule is C=CCN1CC[C@]23c4c5ccc(O)c4OC2C(N(CC(C)C)C(=O)/C=C/c2cc(Br)cs2)CC[C@@]3(O)[C@H]1C5. The fourth-order valence-electron chi connectivity index (χ4n) is 7.76. The number of piperidine rings is 1. The highest BCUT2D eigenvalue weighted by Gasteiger charge is 2.73. The minimum absolute atomic E-state index is 0.0458. The average Bonchev–Trinajstić information content (AvgIpc) is 3.45. The molecule has 1 aromatic carbocycles. The van der Waals surface area contributed by atoms with Crippen LogP contribution in [0.25, 0.3) is 6.08 Å². The summed E-state index contributed by atoms with van der Waals surface area (Å²) in [5.41, 5.74) is 0.430. The Morgan fingerprint density at radius 1 is 1.39 bits per heavy atom. The Morgan fingerprint density at radius 3 is 2.92 bits per heavy atom. The zero-order valence-corrected chi connectivity index (χ0v) is 24.3. The summed E-state index contributed by atoms with van der Waals surface area (Å²) in [4.78, 5) is 19.1. The van der Waals surface area contributed by atoms with Crippen molar-refractivity contribution in [3.63, 3.8) is 0 Å². The third-order valence-electron chi connectivity index (χ3n) is 9.13. The Bertz CT molecular complexity index is 1310. The van der Waals surface area contributed by atoms with Crippen LogP contribution in [-0.2, 0) is 16.6 Å². The molecule has 3 heterocycles. The highest BCUT2D eigenvalue weighted by atomic mass is 79.9. The van der Waals surface area contributed by atoms with Crippen LogP contribution in [0.4, 0.5) is 0 Å². The van der Waals surface area contributed by atoms with E-state index in [0.717, 1.165) is 33.6 Å². The van der Waals surface area contributed by atoms with Gasteiger partial charge < -0.3 is 19.8 Å². The first-order chi connectivity index (χ1) is 18.2. The van der Waals surface area contributed by atoms with Gasteiger partial charge in [-0.1, -0.05) is 26.0 Å². The van der Waals surface area contributed by atoms with Crippen LogP contribution in [0.5, 0.6) is 11.5 Å². The maximum atomic E-state index is 13.8. The molecule has 202 valence electrons. The van der Waals surface area contributed by atoms with Crippen molar-refractivity contribution in [1.82, 2.24) is 9.80 Å². The van der Waals surface area contributed by atoms with Gasteiger partial charge in [0, 0.05) is 45.5 Å². The number of amides is 1. The predicted molar refractivity (Wildman–Crippen MR) is 154 cm³/mol. The fraction of sp³-hybridized carbons (Fsp3) is 0.500. The summed E-state index contributed by atoms with van der Waals surface area (Å²) in [5, 5.41) is 25.5.